The molecule has 1 aromatic rings. The Morgan fingerprint density at radius 2 is 1.74 bits per heavy atom. The van der Waals surface area contributed by atoms with E-state index in [0.717, 1.165) is 18.4 Å². The maximum absolute atomic E-state index is 11.7. The molecule has 0 aromatic heterocycles. The summed E-state index contributed by atoms with van der Waals surface area (Å²) in [6.07, 6.45) is 8.94. The molecule has 0 atom stereocenters. The van der Waals surface area contributed by atoms with Crippen molar-refractivity contribution >= 4 is 12.0 Å². The Hall–Kier alpha value is -1.57. The summed E-state index contributed by atoms with van der Waals surface area (Å²) in [6.45, 7) is 6.41. The summed E-state index contributed by atoms with van der Waals surface area (Å²) in [5.41, 5.74) is 1.61. The first-order valence-electron chi connectivity index (χ1n) is 7.17. The van der Waals surface area contributed by atoms with E-state index in [-0.39, 0.29) is 5.97 Å². The molecule has 0 unspecified atom stereocenters. The Balaban J connectivity index is 2.18. The highest BCUT2D eigenvalue weighted by Gasteiger charge is 2.05. The van der Waals surface area contributed by atoms with Gasteiger partial charge in [-0.2, -0.15) is 0 Å². The number of rotatable bonds is 9. The molecule has 0 saturated heterocycles. The highest BCUT2D eigenvalue weighted by Crippen LogP contribution is 2.08. The second kappa shape index (κ2) is 9.37. The zero-order chi connectivity index (χ0) is 13.9. The minimum absolute atomic E-state index is 0.232. The van der Waals surface area contributed by atoms with Crippen LogP contribution in [0.5, 0.6) is 0 Å². The van der Waals surface area contributed by atoms with Crippen molar-refractivity contribution in [2.75, 3.05) is 6.61 Å². The zero-order valence-electron chi connectivity index (χ0n) is 11.9. The normalized spacial score (nSPS) is 10.2. The van der Waals surface area contributed by atoms with E-state index < -0.39 is 0 Å². The largest absolute Gasteiger partial charge is 0.462 e. The van der Waals surface area contributed by atoms with Gasteiger partial charge in [-0.3, -0.25) is 0 Å². The highest BCUT2D eigenvalue weighted by molar-refractivity contribution is 5.89. The molecule has 0 fully saturated rings. The van der Waals surface area contributed by atoms with Crippen molar-refractivity contribution in [1.82, 2.24) is 0 Å². The summed E-state index contributed by atoms with van der Waals surface area (Å²) < 4.78 is 5.24. The number of ether oxygens (including phenoxy) is 1. The van der Waals surface area contributed by atoms with E-state index in [0.29, 0.717) is 12.2 Å². The van der Waals surface area contributed by atoms with Gasteiger partial charge in [0.2, 0.25) is 0 Å². The van der Waals surface area contributed by atoms with Crippen molar-refractivity contribution in [3.8, 4) is 0 Å². The Labute approximate surface area is 116 Å². The van der Waals surface area contributed by atoms with Crippen LogP contribution in [0.15, 0.2) is 30.8 Å². The summed E-state index contributed by atoms with van der Waals surface area (Å²) in [5.74, 6) is -0.232. The van der Waals surface area contributed by atoms with Crippen molar-refractivity contribution in [3.63, 3.8) is 0 Å². The Morgan fingerprint density at radius 1 is 1.11 bits per heavy atom. The third-order valence-corrected chi connectivity index (χ3v) is 3.11. The number of hydrogen-bond acceptors (Lipinski definition) is 2. The van der Waals surface area contributed by atoms with Crippen LogP contribution in [0.4, 0.5) is 0 Å². The molecular weight excluding hydrogens is 236 g/mol. The molecule has 0 aliphatic carbocycles. The standard InChI is InChI=1S/C17H24O2/c1-3-5-6-7-8-9-14-19-17(18)16-12-10-15(4-2)11-13-16/h4,10-13H,2-3,5-9,14H2,1H3. The van der Waals surface area contributed by atoms with E-state index in [1.54, 1.807) is 18.2 Å². The van der Waals surface area contributed by atoms with Crippen molar-refractivity contribution in [1.29, 1.82) is 0 Å². The van der Waals surface area contributed by atoms with E-state index in [2.05, 4.69) is 13.5 Å². The molecule has 0 heterocycles. The molecule has 104 valence electrons. The SMILES string of the molecule is C=Cc1ccc(C(=O)OCCCCCCCC)cc1. The predicted molar refractivity (Wildman–Crippen MR) is 80.2 cm³/mol. The third-order valence-electron chi connectivity index (χ3n) is 3.11. The molecule has 2 heteroatoms. The number of esters is 1. The lowest BCUT2D eigenvalue weighted by atomic mass is 10.1. The van der Waals surface area contributed by atoms with Crippen LogP contribution in [0, 0.1) is 0 Å². The van der Waals surface area contributed by atoms with Crippen LogP contribution >= 0.6 is 0 Å². The smallest absolute Gasteiger partial charge is 0.338 e. The Kier molecular flexibility index (Phi) is 7.64. The third kappa shape index (κ3) is 6.23. The van der Waals surface area contributed by atoms with Crippen LogP contribution in [0.1, 0.15) is 61.4 Å². The Bertz CT molecular complexity index is 379. The van der Waals surface area contributed by atoms with Crippen LogP contribution in [0.25, 0.3) is 6.08 Å². The van der Waals surface area contributed by atoms with E-state index in [1.807, 2.05) is 12.1 Å². The average molecular weight is 260 g/mol. The van der Waals surface area contributed by atoms with E-state index >= 15 is 0 Å². The Morgan fingerprint density at radius 3 is 2.37 bits per heavy atom. The lowest BCUT2D eigenvalue weighted by molar-refractivity contribution is 0.0497. The second-order valence-corrected chi connectivity index (χ2v) is 4.73. The van der Waals surface area contributed by atoms with Gasteiger partial charge < -0.3 is 4.74 Å². The molecule has 0 aliphatic heterocycles. The van der Waals surface area contributed by atoms with Crippen LogP contribution in [-0.4, -0.2) is 12.6 Å². The molecule has 0 aliphatic rings. The number of unbranched alkanes of at least 4 members (excludes halogenated alkanes) is 5. The second-order valence-electron chi connectivity index (χ2n) is 4.73. The summed E-state index contributed by atoms with van der Waals surface area (Å²) >= 11 is 0. The molecule has 0 saturated carbocycles. The van der Waals surface area contributed by atoms with Gasteiger partial charge in [-0.05, 0) is 24.1 Å². The van der Waals surface area contributed by atoms with Crippen LogP contribution < -0.4 is 0 Å². The van der Waals surface area contributed by atoms with Gasteiger partial charge in [-0.15, -0.1) is 0 Å². The van der Waals surface area contributed by atoms with Gasteiger partial charge in [0, 0.05) is 0 Å². The van der Waals surface area contributed by atoms with Gasteiger partial charge >= 0.3 is 5.97 Å². The van der Waals surface area contributed by atoms with Gasteiger partial charge in [-0.25, -0.2) is 4.79 Å². The number of carbonyl (C=O) groups is 1. The van der Waals surface area contributed by atoms with Gasteiger partial charge in [0.15, 0.2) is 0 Å². The quantitative estimate of drug-likeness (QED) is 0.469. The van der Waals surface area contributed by atoms with E-state index in [1.165, 1.54) is 25.7 Å². The molecule has 2 nitrogen and oxygen atoms in total. The molecule has 0 radical (unpaired) electrons. The summed E-state index contributed by atoms with van der Waals surface area (Å²) in [4.78, 5) is 11.7. The molecule has 0 amide bonds. The van der Waals surface area contributed by atoms with Crippen LogP contribution in [-0.2, 0) is 4.74 Å². The molecule has 1 rings (SSSR count). The van der Waals surface area contributed by atoms with Gasteiger partial charge in [0.1, 0.15) is 0 Å². The highest BCUT2D eigenvalue weighted by atomic mass is 16.5. The van der Waals surface area contributed by atoms with E-state index in [9.17, 15) is 4.79 Å². The first-order valence-corrected chi connectivity index (χ1v) is 7.17. The van der Waals surface area contributed by atoms with Crippen molar-refractivity contribution in [3.05, 3.63) is 42.0 Å². The number of hydrogen-bond donors (Lipinski definition) is 0. The first kappa shape index (κ1) is 15.5. The van der Waals surface area contributed by atoms with Crippen molar-refractivity contribution in [2.45, 2.75) is 45.4 Å². The van der Waals surface area contributed by atoms with Gasteiger partial charge in [0.25, 0.3) is 0 Å². The summed E-state index contributed by atoms with van der Waals surface area (Å²) in [7, 11) is 0. The van der Waals surface area contributed by atoms with E-state index in [4.69, 9.17) is 4.74 Å². The number of carbonyl (C=O) groups excluding carboxylic acids is 1. The maximum Gasteiger partial charge on any atom is 0.338 e. The van der Waals surface area contributed by atoms with Gasteiger partial charge in [-0.1, -0.05) is 63.8 Å². The fourth-order valence-corrected chi connectivity index (χ4v) is 1.89. The average Bonchev–Trinajstić information content (AvgIpc) is 2.46. The predicted octanol–water partition coefficient (Wildman–Crippen LogP) is 4.85. The van der Waals surface area contributed by atoms with Crippen molar-refractivity contribution in [2.24, 2.45) is 0 Å². The molecule has 0 spiro atoms. The number of benzene rings is 1. The monoisotopic (exact) mass is 260 g/mol. The molecule has 19 heavy (non-hydrogen) atoms. The molecular formula is C17H24O2. The lowest BCUT2D eigenvalue weighted by Gasteiger charge is -2.05. The summed E-state index contributed by atoms with van der Waals surface area (Å²) in [5, 5.41) is 0. The fourth-order valence-electron chi connectivity index (χ4n) is 1.89. The molecule has 1 aromatic carbocycles. The van der Waals surface area contributed by atoms with Crippen LogP contribution in [0.2, 0.25) is 0 Å². The first-order chi connectivity index (χ1) is 9.27. The van der Waals surface area contributed by atoms with Gasteiger partial charge in [0.05, 0.1) is 12.2 Å². The minimum Gasteiger partial charge on any atom is -0.462 e. The van der Waals surface area contributed by atoms with Crippen LogP contribution in [0.3, 0.4) is 0 Å². The molecule has 0 bridgehead atoms. The van der Waals surface area contributed by atoms with Crippen molar-refractivity contribution < 1.29 is 9.53 Å². The zero-order valence-corrected chi connectivity index (χ0v) is 11.9. The summed E-state index contributed by atoms with van der Waals surface area (Å²) in [6, 6.07) is 7.30. The lowest BCUT2D eigenvalue weighted by Crippen LogP contribution is -2.06. The maximum atomic E-state index is 11.7. The topological polar surface area (TPSA) is 26.3 Å². The minimum atomic E-state index is -0.232. The fraction of sp³-hybridized carbons (Fsp3) is 0.471. The molecule has 0 N–H and O–H groups in total.